The number of anilines is 1. The molecule has 1 amide bonds. The molecule has 2 aliphatic rings. The summed E-state index contributed by atoms with van der Waals surface area (Å²) in [7, 11) is 4.77. The van der Waals surface area contributed by atoms with Crippen LogP contribution in [-0.4, -0.2) is 68.3 Å². The number of nitrogen functional groups attached to an aromatic ring is 1. The lowest BCUT2D eigenvalue weighted by Crippen LogP contribution is -2.49. The number of fused-ring (bicyclic) bond motifs is 1. The molecular weight excluding hydrogens is 545 g/mol. The number of carbonyl (C=O) groups is 2. The van der Waals surface area contributed by atoms with Gasteiger partial charge in [0, 0.05) is 17.8 Å². The zero-order chi connectivity index (χ0) is 31.7. The molecular formula is C33H48BN3O6. The van der Waals surface area contributed by atoms with Crippen molar-refractivity contribution in [2.75, 3.05) is 26.9 Å². The summed E-state index contributed by atoms with van der Waals surface area (Å²) in [5.74, 6) is -0.948. The minimum absolute atomic E-state index is 0.100. The number of hydrogen-bond acceptors (Lipinski definition) is 8. The predicted octanol–water partition coefficient (Wildman–Crippen LogP) is 5.05. The zero-order valence-corrected chi connectivity index (χ0v) is 27.2. The number of esters is 1. The van der Waals surface area contributed by atoms with Crippen LogP contribution in [0.2, 0.25) is 0 Å². The lowest BCUT2D eigenvalue weighted by atomic mass is 9.70. The molecule has 4 rings (SSSR count). The minimum Gasteiger partial charge on any atom is -0.496 e. The first-order valence-electron chi connectivity index (χ1n) is 15.1. The van der Waals surface area contributed by atoms with Gasteiger partial charge in [0.15, 0.2) is 0 Å². The van der Waals surface area contributed by atoms with Gasteiger partial charge < -0.3 is 34.7 Å². The molecule has 2 fully saturated rings. The largest absolute Gasteiger partial charge is 0.496 e. The Morgan fingerprint density at radius 2 is 1.86 bits per heavy atom. The van der Waals surface area contributed by atoms with Crippen LogP contribution in [0.15, 0.2) is 36.4 Å². The molecule has 1 aliphatic carbocycles. The van der Waals surface area contributed by atoms with Crippen LogP contribution in [0.1, 0.15) is 92.6 Å². The summed E-state index contributed by atoms with van der Waals surface area (Å²) in [5.41, 5.74) is 8.33. The fourth-order valence-corrected chi connectivity index (χ4v) is 5.93. The van der Waals surface area contributed by atoms with Gasteiger partial charge in [-0.05, 0) is 102 Å². The molecule has 2 aromatic carbocycles. The molecule has 3 atom stereocenters. The molecule has 0 radical (unpaired) electrons. The van der Waals surface area contributed by atoms with Crippen molar-refractivity contribution in [3.63, 3.8) is 0 Å². The first-order valence-corrected chi connectivity index (χ1v) is 15.1. The van der Waals surface area contributed by atoms with E-state index in [0.717, 1.165) is 30.4 Å². The van der Waals surface area contributed by atoms with Crippen LogP contribution < -0.4 is 15.8 Å². The Kier molecular flexibility index (Phi) is 9.54. The minimum atomic E-state index is -0.701. The Hall–Kier alpha value is -3.08. The molecule has 2 aromatic rings. The summed E-state index contributed by atoms with van der Waals surface area (Å²) in [4.78, 5) is 28.8. The van der Waals surface area contributed by atoms with E-state index in [0.29, 0.717) is 35.5 Å². The van der Waals surface area contributed by atoms with Gasteiger partial charge in [-0.3, -0.25) is 4.79 Å². The van der Waals surface area contributed by atoms with Crippen LogP contribution in [0, 0.1) is 5.41 Å². The first kappa shape index (κ1) is 32.8. The molecule has 0 aromatic heterocycles. The monoisotopic (exact) mass is 593 g/mol. The van der Waals surface area contributed by atoms with Crippen LogP contribution in [0.3, 0.4) is 0 Å². The standard InChI is InChI=1S/C33H48BN3O6/c1-31(2,3)41-30(39)24-12-10-11-21(28(24)40-9)18-27(34-42-26-19-32(4,5)15-16-33(26,6)43-34)36-29(38)22-13-14-23(20-37(7)8)25(35)17-22/h10-14,17,26-27H,15-16,18-20,35H2,1-9H3,(H,36,38). The smallest absolute Gasteiger partial charge is 0.482 e. The Balaban J connectivity index is 1.65. The van der Waals surface area contributed by atoms with Crippen LogP contribution in [0.5, 0.6) is 5.75 Å². The number of nitrogens with two attached hydrogens (primary N) is 1. The summed E-state index contributed by atoms with van der Waals surface area (Å²) in [5, 5.41) is 3.17. The van der Waals surface area contributed by atoms with Gasteiger partial charge in [-0.2, -0.15) is 0 Å². The number of ether oxygens (including phenoxy) is 2. The number of para-hydroxylation sites is 1. The fourth-order valence-electron chi connectivity index (χ4n) is 5.93. The van der Waals surface area contributed by atoms with Gasteiger partial charge in [0.25, 0.3) is 5.91 Å². The Labute approximate surface area is 256 Å². The third kappa shape index (κ3) is 7.91. The molecule has 10 heteroatoms. The Morgan fingerprint density at radius 3 is 2.49 bits per heavy atom. The highest BCUT2D eigenvalue weighted by Crippen LogP contribution is 2.47. The van der Waals surface area contributed by atoms with E-state index in [1.165, 1.54) is 7.11 Å². The molecule has 0 bridgehead atoms. The van der Waals surface area contributed by atoms with Crippen molar-refractivity contribution < 1.29 is 28.4 Å². The highest BCUT2D eigenvalue weighted by Gasteiger charge is 2.55. The molecule has 9 nitrogen and oxygen atoms in total. The summed E-state index contributed by atoms with van der Waals surface area (Å²) in [6, 6.07) is 10.7. The molecule has 3 N–H and O–H groups in total. The molecule has 1 aliphatic heterocycles. The SMILES string of the molecule is COc1c(CC(NC(=O)c2ccc(CN(C)C)c(N)c2)B2OC3CC(C)(C)CCC3(C)O2)cccc1C(=O)OC(C)(C)C. The van der Waals surface area contributed by atoms with Gasteiger partial charge >= 0.3 is 13.1 Å². The second-order valence-electron chi connectivity index (χ2n) is 14.2. The molecule has 3 unspecified atom stereocenters. The maximum Gasteiger partial charge on any atom is 0.482 e. The lowest BCUT2D eigenvalue weighted by molar-refractivity contribution is -0.0238. The normalized spacial score (nSPS) is 22.2. The maximum atomic E-state index is 13.7. The quantitative estimate of drug-likeness (QED) is 0.236. The topological polar surface area (TPSA) is 112 Å². The van der Waals surface area contributed by atoms with Crippen LogP contribution in [0.25, 0.3) is 0 Å². The Morgan fingerprint density at radius 1 is 1.14 bits per heavy atom. The van der Waals surface area contributed by atoms with Crippen LogP contribution >= 0.6 is 0 Å². The highest BCUT2D eigenvalue weighted by molar-refractivity contribution is 6.48. The van der Waals surface area contributed by atoms with Crippen molar-refractivity contribution in [1.29, 1.82) is 0 Å². The molecule has 1 saturated carbocycles. The van der Waals surface area contributed by atoms with Crippen molar-refractivity contribution in [3.8, 4) is 5.75 Å². The van der Waals surface area contributed by atoms with E-state index in [4.69, 9.17) is 24.5 Å². The number of nitrogens with zero attached hydrogens (tertiary/aromatic N) is 1. The van der Waals surface area contributed by atoms with E-state index in [-0.39, 0.29) is 17.4 Å². The Bertz CT molecular complexity index is 1340. The van der Waals surface area contributed by atoms with Crippen molar-refractivity contribution in [1.82, 2.24) is 10.2 Å². The molecule has 0 spiro atoms. The fraction of sp³-hybridized carbons (Fsp3) is 0.576. The molecule has 1 saturated heterocycles. The second kappa shape index (κ2) is 12.5. The lowest BCUT2D eigenvalue weighted by Gasteiger charge is -2.42. The number of nitrogens with one attached hydrogen (secondary N) is 1. The number of hydrogen-bond donors (Lipinski definition) is 2. The van der Waals surface area contributed by atoms with Gasteiger partial charge in [-0.1, -0.05) is 32.0 Å². The van der Waals surface area contributed by atoms with Gasteiger partial charge in [-0.25, -0.2) is 4.79 Å². The van der Waals surface area contributed by atoms with Gasteiger partial charge in [0.2, 0.25) is 0 Å². The average Bonchev–Trinajstić information content (AvgIpc) is 3.23. The predicted molar refractivity (Wildman–Crippen MR) is 169 cm³/mol. The van der Waals surface area contributed by atoms with Gasteiger partial charge in [-0.15, -0.1) is 0 Å². The first-order chi connectivity index (χ1) is 20.0. The third-order valence-electron chi connectivity index (χ3n) is 8.30. The highest BCUT2D eigenvalue weighted by atomic mass is 16.7. The van der Waals surface area contributed by atoms with E-state index >= 15 is 0 Å². The summed E-state index contributed by atoms with van der Waals surface area (Å²) in [6.07, 6.45) is 2.95. The van der Waals surface area contributed by atoms with Crippen molar-refractivity contribution >= 4 is 24.7 Å². The van der Waals surface area contributed by atoms with Crippen LogP contribution in [-0.2, 0) is 27.0 Å². The van der Waals surface area contributed by atoms with Crippen LogP contribution in [0.4, 0.5) is 5.69 Å². The number of amides is 1. The van der Waals surface area contributed by atoms with Crippen molar-refractivity contribution in [3.05, 3.63) is 58.7 Å². The third-order valence-corrected chi connectivity index (χ3v) is 8.30. The number of methoxy groups -OCH3 is 1. The van der Waals surface area contributed by atoms with Gasteiger partial charge in [0.1, 0.15) is 16.9 Å². The van der Waals surface area contributed by atoms with Crippen molar-refractivity contribution in [2.24, 2.45) is 5.41 Å². The molecule has 234 valence electrons. The van der Waals surface area contributed by atoms with E-state index in [1.54, 1.807) is 24.3 Å². The second-order valence-corrected chi connectivity index (χ2v) is 14.2. The van der Waals surface area contributed by atoms with Crippen molar-refractivity contribution in [2.45, 2.75) is 97.0 Å². The van der Waals surface area contributed by atoms with E-state index in [2.05, 4.69) is 26.1 Å². The summed E-state index contributed by atoms with van der Waals surface area (Å²) in [6.45, 7) is 12.7. The maximum absolute atomic E-state index is 13.7. The summed E-state index contributed by atoms with van der Waals surface area (Å²) < 4.78 is 24.6. The summed E-state index contributed by atoms with van der Waals surface area (Å²) >= 11 is 0. The number of benzene rings is 2. The van der Waals surface area contributed by atoms with E-state index in [1.807, 2.05) is 51.9 Å². The zero-order valence-electron chi connectivity index (χ0n) is 27.2. The molecule has 1 heterocycles. The van der Waals surface area contributed by atoms with Gasteiger partial charge in [0.05, 0.1) is 24.8 Å². The number of carbonyl (C=O) groups excluding carboxylic acids is 2. The van der Waals surface area contributed by atoms with E-state index < -0.39 is 30.2 Å². The molecule has 43 heavy (non-hydrogen) atoms. The number of rotatable bonds is 9. The average molecular weight is 594 g/mol. The van der Waals surface area contributed by atoms with E-state index in [9.17, 15) is 9.59 Å².